The fraction of sp³-hybridized carbons (Fsp3) is 0.450. The Kier molecular flexibility index (Phi) is 8.24. The molecule has 3 rings (SSSR count). The van der Waals surface area contributed by atoms with Crippen LogP contribution in [0.2, 0.25) is 0 Å². The van der Waals surface area contributed by atoms with Crippen LogP contribution in [-0.2, 0) is 34.0 Å². The average molecular weight is 518 g/mol. The van der Waals surface area contributed by atoms with E-state index in [9.17, 15) is 47.9 Å². The number of halogens is 3. The van der Waals surface area contributed by atoms with Crippen molar-refractivity contribution >= 4 is 11.6 Å². The van der Waals surface area contributed by atoms with Crippen molar-refractivity contribution in [2.45, 2.75) is 50.8 Å². The summed E-state index contributed by atoms with van der Waals surface area (Å²) in [5.41, 5.74) is -2.01. The molecule has 0 radical (unpaired) electrons. The highest BCUT2D eigenvalue weighted by atomic mass is 19.4. The zero-order valence-electron chi connectivity index (χ0n) is 18.4. The van der Waals surface area contributed by atoms with Crippen LogP contribution in [0.1, 0.15) is 29.3 Å². The lowest BCUT2D eigenvalue weighted by atomic mass is 10.1. The average Bonchev–Trinajstić information content (AvgIpc) is 3.18. The number of alkyl halides is 3. The van der Waals surface area contributed by atoms with E-state index in [4.69, 9.17) is 9.47 Å². The monoisotopic (exact) mass is 518 g/mol. The molecule has 2 heterocycles. The molecule has 1 saturated heterocycles. The third kappa shape index (κ3) is 6.34. The van der Waals surface area contributed by atoms with Gasteiger partial charge in [-0.1, -0.05) is 6.07 Å². The zero-order valence-corrected chi connectivity index (χ0v) is 18.4. The molecular formula is C20H21F3N4O9. The number of aromatic nitrogens is 2. The SMILES string of the molecule is O=C(NCc1ccc(COCc2cn([C@H]3C[C@@H](O)[C@@H](CO)O3)c(=O)[nH]c2=O)c([N+](=O)[O-])c1)C(F)(F)F. The lowest BCUT2D eigenvalue weighted by Crippen LogP contribution is -2.36. The van der Waals surface area contributed by atoms with E-state index >= 15 is 0 Å². The van der Waals surface area contributed by atoms with Gasteiger partial charge in [-0.3, -0.25) is 29.3 Å². The topological polar surface area (TPSA) is 186 Å². The normalized spacial score (nSPS) is 19.9. The van der Waals surface area contributed by atoms with Crippen molar-refractivity contribution < 1.29 is 42.6 Å². The number of nitro benzene ring substituents is 1. The quantitative estimate of drug-likeness (QED) is 0.261. The minimum absolute atomic E-state index is 0.0144. The molecule has 1 aromatic carbocycles. The van der Waals surface area contributed by atoms with Crippen LogP contribution >= 0.6 is 0 Å². The lowest BCUT2D eigenvalue weighted by molar-refractivity contribution is -0.386. The molecule has 1 aliphatic rings. The molecule has 2 aromatic rings. The summed E-state index contributed by atoms with van der Waals surface area (Å²) in [5.74, 6) is -2.19. The zero-order chi connectivity index (χ0) is 26.6. The van der Waals surface area contributed by atoms with Crippen LogP contribution < -0.4 is 16.6 Å². The van der Waals surface area contributed by atoms with E-state index in [1.165, 1.54) is 12.1 Å². The standard InChI is InChI=1S/C20H21F3N4O9/c21-20(22,23)18(31)24-5-10-1-2-11(13(3-10)27(33)34)8-35-9-12-6-26(19(32)25-17(12)30)16-4-14(29)15(7-28)36-16/h1-3,6,14-16,28-29H,4-5,7-9H2,(H,24,31)(H,25,30,32)/t14-,15-,16-/m1/s1. The maximum absolute atomic E-state index is 12.3. The van der Waals surface area contributed by atoms with Crippen LogP contribution in [-0.4, -0.2) is 55.6 Å². The summed E-state index contributed by atoms with van der Waals surface area (Å²) in [4.78, 5) is 47.9. The Morgan fingerprint density at radius 1 is 1.31 bits per heavy atom. The van der Waals surface area contributed by atoms with Gasteiger partial charge in [0.2, 0.25) is 0 Å². The number of aromatic amines is 1. The largest absolute Gasteiger partial charge is 0.471 e. The van der Waals surface area contributed by atoms with Crippen molar-refractivity contribution in [1.82, 2.24) is 14.9 Å². The van der Waals surface area contributed by atoms with Gasteiger partial charge in [0.1, 0.15) is 12.3 Å². The molecule has 0 bridgehead atoms. The van der Waals surface area contributed by atoms with Crippen molar-refractivity contribution in [3.05, 3.63) is 72.0 Å². The van der Waals surface area contributed by atoms with Gasteiger partial charge in [0.15, 0.2) is 0 Å². The second kappa shape index (κ2) is 11.0. The summed E-state index contributed by atoms with van der Waals surface area (Å²) in [6.45, 7) is -1.81. The fourth-order valence-electron chi connectivity index (χ4n) is 3.46. The highest BCUT2D eigenvalue weighted by molar-refractivity contribution is 5.81. The number of rotatable bonds is 9. The molecular weight excluding hydrogens is 497 g/mol. The van der Waals surface area contributed by atoms with E-state index in [-0.39, 0.29) is 36.3 Å². The Morgan fingerprint density at radius 2 is 2.00 bits per heavy atom. The number of hydrogen-bond acceptors (Lipinski definition) is 9. The van der Waals surface area contributed by atoms with E-state index < -0.39 is 65.5 Å². The van der Waals surface area contributed by atoms with Gasteiger partial charge in [0.25, 0.3) is 11.2 Å². The molecule has 36 heavy (non-hydrogen) atoms. The Morgan fingerprint density at radius 3 is 2.61 bits per heavy atom. The molecule has 4 N–H and O–H groups in total. The number of ether oxygens (including phenoxy) is 2. The van der Waals surface area contributed by atoms with Gasteiger partial charge in [-0.25, -0.2) is 4.79 Å². The first-order chi connectivity index (χ1) is 16.9. The molecule has 0 saturated carbocycles. The molecule has 3 atom stereocenters. The number of carbonyl (C=O) groups is 1. The Labute approximate surface area is 199 Å². The molecule has 1 aromatic heterocycles. The first-order valence-corrected chi connectivity index (χ1v) is 10.4. The van der Waals surface area contributed by atoms with E-state index in [2.05, 4.69) is 4.98 Å². The van der Waals surface area contributed by atoms with Crippen LogP contribution in [0, 0.1) is 10.1 Å². The number of hydrogen-bond donors (Lipinski definition) is 4. The summed E-state index contributed by atoms with van der Waals surface area (Å²) in [6, 6.07) is 3.50. The summed E-state index contributed by atoms with van der Waals surface area (Å²) in [7, 11) is 0. The Bertz CT molecular complexity index is 1240. The van der Waals surface area contributed by atoms with Gasteiger partial charge < -0.3 is 25.0 Å². The molecule has 13 nitrogen and oxygen atoms in total. The predicted octanol–water partition coefficient (Wildman–Crippen LogP) is -0.0192. The first-order valence-electron chi connectivity index (χ1n) is 10.4. The van der Waals surface area contributed by atoms with Gasteiger partial charge in [-0.05, 0) is 11.6 Å². The number of nitrogens with zero attached hydrogens (tertiary/aromatic N) is 2. The molecule has 0 aliphatic carbocycles. The number of aliphatic hydroxyl groups is 2. The molecule has 1 fully saturated rings. The highest BCUT2D eigenvalue weighted by Crippen LogP contribution is 2.27. The lowest BCUT2D eigenvalue weighted by Gasteiger charge is -2.15. The minimum Gasteiger partial charge on any atom is -0.394 e. The summed E-state index contributed by atoms with van der Waals surface area (Å²) >= 11 is 0. The number of nitro groups is 1. The molecule has 0 unspecified atom stereocenters. The maximum atomic E-state index is 12.3. The molecule has 0 spiro atoms. The number of H-pyrrole nitrogens is 1. The van der Waals surface area contributed by atoms with Gasteiger partial charge in [-0.15, -0.1) is 0 Å². The Hall–Kier alpha value is -3.60. The number of carbonyl (C=O) groups excluding carboxylic acids is 1. The van der Waals surface area contributed by atoms with Crippen molar-refractivity contribution in [1.29, 1.82) is 0 Å². The summed E-state index contributed by atoms with van der Waals surface area (Å²) in [5, 5.41) is 32.1. The summed E-state index contributed by atoms with van der Waals surface area (Å²) < 4.78 is 48.7. The minimum atomic E-state index is -5.09. The maximum Gasteiger partial charge on any atom is 0.471 e. The second-order valence-corrected chi connectivity index (χ2v) is 7.83. The number of nitrogens with one attached hydrogen (secondary N) is 2. The van der Waals surface area contributed by atoms with E-state index in [0.717, 1.165) is 16.8 Å². The van der Waals surface area contributed by atoms with Gasteiger partial charge in [-0.2, -0.15) is 13.2 Å². The van der Waals surface area contributed by atoms with Gasteiger partial charge in [0.05, 0.1) is 42.0 Å². The number of amides is 1. The van der Waals surface area contributed by atoms with E-state index in [0.29, 0.717) is 0 Å². The number of benzene rings is 1. The van der Waals surface area contributed by atoms with Crippen LogP contribution in [0.3, 0.4) is 0 Å². The molecule has 1 amide bonds. The smallest absolute Gasteiger partial charge is 0.394 e. The predicted molar refractivity (Wildman–Crippen MR) is 112 cm³/mol. The number of aliphatic hydroxyl groups excluding tert-OH is 2. The van der Waals surface area contributed by atoms with Crippen LogP contribution in [0.5, 0.6) is 0 Å². The van der Waals surface area contributed by atoms with Gasteiger partial charge in [0, 0.05) is 25.2 Å². The van der Waals surface area contributed by atoms with Crippen molar-refractivity contribution in [2.75, 3.05) is 6.61 Å². The molecule has 16 heteroatoms. The van der Waals surface area contributed by atoms with E-state index in [1.54, 1.807) is 5.32 Å². The van der Waals surface area contributed by atoms with Crippen molar-refractivity contribution in [3.63, 3.8) is 0 Å². The van der Waals surface area contributed by atoms with Crippen LogP contribution in [0.4, 0.5) is 18.9 Å². The van der Waals surface area contributed by atoms with Crippen LogP contribution in [0.25, 0.3) is 0 Å². The Balaban J connectivity index is 1.69. The van der Waals surface area contributed by atoms with Gasteiger partial charge >= 0.3 is 17.8 Å². The third-order valence-corrected chi connectivity index (χ3v) is 5.31. The van der Waals surface area contributed by atoms with Crippen molar-refractivity contribution in [3.8, 4) is 0 Å². The second-order valence-electron chi connectivity index (χ2n) is 7.83. The van der Waals surface area contributed by atoms with Crippen LogP contribution in [0.15, 0.2) is 34.0 Å². The van der Waals surface area contributed by atoms with E-state index in [1.807, 2.05) is 0 Å². The van der Waals surface area contributed by atoms with Crippen molar-refractivity contribution in [2.24, 2.45) is 0 Å². The fourth-order valence-corrected chi connectivity index (χ4v) is 3.46. The highest BCUT2D eigenvalue weighted by Gasteiger charge is 2.38. The summed E-state index contributed by atoms with van der Waals surface area (Å²) in [6.07, 6.45) is -6.84. The molecule has 196 valence electrons. The third-order valence-electron chi connectivity index (χ3n) is 5.31. The molecule has 1 aliphatic heterocycles. The first kappa shape index (κ1) is 27.0.